The molecule has 4 heteroatoms. The second-order valence-electron chi connectivity index (χ2n) is 5.71. The molecule has 3 N–H and O–H groups in total. The zero-order chi connectivity index (χ0) is 14.9. The number of hydrogen-bond donors (Lipinski definition) is 2. The molecule has 0 radical (unpaired) electrons. The fourth-order valence-corrected chi connectivity index (χ4v) is 2.51. The van der Waals surface area contributed by atoms with Gasteiger partial charge in [-0.15, -0.1) is 0 Å². The number of nitrogens with two attached hydrogens (primary N) is 1. The number of amides is 1. The van der Waals surface area contributed by atoms with E-state index in [2.05, 4.69) is 37.9 Å². The summed E-state index contributed by atoms with van der Waals surface area (Å²) < 4.78 is 0. The molecule has 0 aliphatic carbocycles. The van der Waals surface area contributed by atoms with Crippen molar-refractivity contribution in [1.82, 2.24) is 10.2 Å². The van der Waals surface area contributed by atoms with Crippen molar-refractivity contribution in [1.29, 1.82) is 0 Å². The van der Waals surface area contributed by atoms with Gasteiger partial charge in [0.1, 0.15) is 0 Å². The zero-order valence-corrected chi connectivity index (χ0v) is 13.5. The lowest BCUT2D eigenvalue weighted by Gasteiger charge is -2.36. The molecule has 0 aliphatic heterocycles. The van der Waals surface area contributed by atoms with Crippen molar-refractivity contribution in [3.8, 4) is 0 Å². The largest absolute Gasteiger partial charge is 0.368 e. The van der Waals surface area contributed by atoms with Crippen molar-refractivity contribution in [3.05, 3.63) is 0 Å². The van der Waals surface area contributed by atoms with Gasteiger partial charge in [0.25, 0.3) is 0 Å². The predicted molar refractivity (Wildman–Crippen MR) is 82.1 cm³/mol. The predicted octanol–water partition coefficient (Wildman–Crippen LogP) is 2.13. The molecule has 0 spiro atoms. The van der Waals surface area contributed by atoms with Crippen LogP contribution in [-0.2, 0) is 4.79 Å². The third kappa shape index (κ3) is 6.39. The van der Waals surface area contributed by atoms with Gasteiger partial charge in [-0.1, -0.05) is 20.8 Å². The fourth-order valence-electron chi connectivity index (χ4n) is 2.51. The van der Waals surface area contributed by atoms with E-state index in [4.69, 9.17) is 5.73 Å². The van der Waals surface area contributed by atoms with Crippen LogP contribution in [0.25, 0.3) is 0 Å². The van der Waals surface area contributed by atoms with Crippen LogP contribution >= 0.6 is 0 Å². The molecule has 0 aromatic heterocycles. The topological polar surface area (TPSA) is 58.4 Å². The van der Waals surface area contributed by atoms with Crippen molar-refractivity contribution in [3.63, 3.8) is 0 Å². The molecule has 2 atom stereocenters. The van der Waals surface area contributed by atoms with Crippen LogP contribution in [-0.4, -0.2) is 42.0 Å². The number of nitrogens with one attached hydrogen (secondary N) is 1. The third-order valence-electron chi connectivity index (χ3n) is 3.66. The average molecular weight is 271 g/mol. The summed E-state index contributed by atoms with van der Waals surface area (Å²) in [5, 5.41) is 3.31. The normalized spacial score (nSPS) is 16.3. The monoisotopic (exact) mass is 271 g/mol. The Balaban J connectivity index is 4.66. The van der Waals surface area contributed by atoms with E-state index in [9.17, 15) is 4.79 Å². The highest BCUT2D eigenvalue weighted by molar-refractivity contribution is 5.84. The Bertz CT molecular complexity index is 252. The number of nitrogens with zero attached hydrogens (tertiary/aromatic N) is 1. The van der Waals surface area contributed by atoms with Crippen molar-refractivity contribution < 1.29 is 4.79 Å². The second kappa shape index (κ2) is 9.32. The molecule has 0 heterocycles. The van der Waals surface area contributed by atoms with Crippen LogP contribution in [0.1, 0.15) is 60.3 Å². The van der Waals surface area contributed by atoms with Crippen LogP contribution in [0.3, 0.4) is 0 Å². The number of primary amides is 1. The average Bonchev–Trinajstić information content (AvgIpc) is 2.35. The molecule has 0 aromatic carbocycles. The Labute approximate surface area is 119 Å². The van der Waals surface area contributed by atoms with Crippen LogP contribution in [0.4, 0.5) is 0 Å². The summed E-state index contributed by atoms with van der Waals surface area (Å²) in [5.41, 5.74) is 4.99. The second-order valence-corrected chi connectivity index (χ2v) is 5.71. The van der Waals surface area contributed by atoms with E-state index in [0.717, 1.165) is 45.3 Å². The molecular weight excluding hydrogens is 238 g/mol. The van der Waals surface area contributed by atoms with E-state index in [1.165, 1.54) is 0 Å². The minimum atomic E-state index is -0.602. The molecule has 4 nitrogen and oxygen atoms in total. The SMILES string of the molecule is CCCNC(C)(CC(C)N(CCC)CCC)C(N)=O. The number of carbonyl (C=O) groups excluding carboxylic acids is 1. The van der Waals surface area contributed by atoms with Crippen molar-refractivity contribution in [2.24, 2.45) is 5.73 Å². The number of hydrogen-bond acceptors (Lipinski definition) is 3. The van der Waals surface area contributed by atoms with Gasteiger partial charge in [0.15, 0.2) is 0 Å². The van der Waals surface area contributed by atoms with E-state index in [1.807, 2.05) is 6.92 Å². The highest BCUT2D eigenvalue weighted by atomic mass is 16.1. The molecule has 2 unspecified atom stereocenters. The Kier molecular flexibility index (Phi) is 9.02. The Hall–Kier alpha value is -0.610. The Morgan fingerprint density at radius 2 is 1.74 bits per heavy atom. The smallest absolute Gasteiger partial charge is 0.237 e. The highest BCUT2D eigenvalue weighted by Crippen LogP contribution is 2.17. The molecular formula is C15H33N3O. The molecule has 0 aromatic rings. The number of rotatable bonds is 11. The van der Waals surface area contributed by atoms with Crippen molar-refractivity contribution in [2.75, 3.05) is 19.6 Å². The van der Waals surface area contributed by atoms with Gasteiger partial charge in [-0.05, 0) is 59.2 Å². The zero-order valence-electron chi connectivity index (χ0n) is 13.5. The highest BCUT2D eigenvalue weighted by Gasteiger charge is 2.33. The van der Waals surface area contributed by atoms with Gasteiger partial charge >= 0.3 is 0 Å². The van der Waals surface area contributed by atoms with Crippen molar-refractivity contribution >= 4 is 5.91 Å². The van der Waals surface area contributed by atoms with E-state index >= 15 is 0 Å². The first kappa shape index (κ1) is 18.4. The summed E-state index contributed by atoms with van der Waals surface area (Å²) in [4.78, 5) is 14.2. The molecule has 0 fully saturated rings. The van der Waals surface area contributed by atoms with Gasteiger partial charge < -0.3 is 16.0 Å². The standard InChI is InChI=1S/C15H33N3O/c1-6-9-17-15(5,14(16)19)12-13(4)18(10-7-2)11-8-3/h13,17H,6-12H2,1-5H3,(H2,16,19). The maximum Gasteiger partial charge on any atom is 0.237 e. The van der Waals surface area contributed by atoms with Gasteiger partial charge in [-0.25, -0.2) is 0 Å². The van der Waals surface area contributed by atoms with Gasteiger partial charge in [-0.3, -0.25) is 4.79 Å². The Morgan fingerprint density at radius 1 is 1.21 bits per heavy atom. The summed E-state index contributed by atoms with van der Waals surface area (Å²) in [6.45, 7) is 13.6. The van der Waals surface area contributed by atoms with Gasteiger partial charge in [-0.2, -0.15) is 0 Å². The molecule has 114 valence electrons. The third-order valence-corrected chi connectivity index (χ3v) is 3.66. The van der Waals surface area contributed by atoms with Crippen LogP contribution in [0, 0.1) is 0 Å². The molecule has 0 saturated carbocycles. The summed E-state index contributed by atoms with van der Waals surface area (Å²) in [6, 6.07) is 0.363. The van der Waals surface area contributed by atoms with Gasteiger partial charge in [0.2, 0.25) is 5.91 Å². The maximum absolute atomic E-state index is 11.7. The molecule has 0 rings (SSSR count). The van der Waals surface area contributed by atoms with Crippen LogP contribution in [0.5, 0.6) is 0 Å². The summed E-state index contributed by atoms with van der Waals surface area (Å²) in [6.07, 6.45) is 4.05. The molecule has 0 saturated heterocycles. The fraction of sp³-hybridized carbons (Fsp3) is 0.933. The van der Waals surface area contributed by atoms with Crippen LogP contribution < -0.4 is 11.1 Å². The summed E-state index contributed by atoms with van der Waals surface area (Å²) in [5.74, 6) is -0.249. The van der Waals surface area contributed by atoms with Gasteiger partial charge in [0.05, 0.1) is 5.54 Å². The molecule has 0 bridgehead atoms. The minimum absolute atomic E-state index is 0.249. The molecule has 1 amide bonds. The van der Waals surface area contributed by atoms with E-state index in [1.54, 1.807) is 0 Å². The maximum atomic E-state index is 11.7. The quantitative estimate of drug-likeness (QED) is 0.605. The van der Waals surface area contributed by atoms with Gasteiger partial charge in [0, 0.05) is 6.04 Å². The first-order valence-corrected chi connectivity index (χ1v) is 7.70. The summed E-state index contributed by atoms with van der Waals surface area (Å²) in [7, 11) is 0. The summed E-state index contributed by atoms with van der Waals surface area (Å²) >= 11 is 0. The number of carbonyl (C=O) groups is 1. The minimum Gasteiger partial charge on any atom is -0.368 e. The molecule has 19 heavy (non-hydrogen) atoms. The first-order valence-electron chi connectivity index (χ1n) is 7.70. The van der Waals surface area contributed by atoms with E-state index < -0.39 is 5.54 Å². The lowest BCUT2D eigenvalue weighted by Crippen LogP contribution is -2.56. The van der Waals surface area contributed by atoms with E-state index in [-0.39, 0.29) is 5.91 Å². The van der Waals surface area contributed by atoms with E-state index in [0.29, 0.717) is 6.04 Å². The molecule has 0 aliphatic rings. The Morgan fingerprint density at radius 3 is 2.11 bits per heavy atom. The lowest BCUT2D eigenvalue weighted by atomic mass is 9.91. The van der Waals surface area contributed by atoms with Crippen LogP contribution in [0.15, 0.2) is 0 Å². The first-order chi connectivity index (χ1) is 8.91. The lowest BCUT2D eigenvalue weighted by molar-refractivity contribution is -0.124. The van der Waals surface area contributed by atoms with Crippen LogP contribution in [0.2, 0.25) is 0 Å². The van der Waals surface area contributed by atoms with Crippen molar-refractivity contribution in [2.45, 2.75) is 71.9 Å².